The summed E-state index contributed by atoms with van der Waals surface area (Å²) in [4.78, 5) is 13.2. The third-order valence-electron chi connectivity index (χ3n) is 4.13. The number of hydrogen-bond donors (Lipinski definition) is 2. The van der Waals surface area contributed by atoms with Crippen LogP contribution in [0.1, 0.15) is 64.3 Å². The Bertz CT molecular complexity index is 476. The second kappa shape index (κ2) is 8.15. The van der Waals surface area contributed by atoms with Gasteiger partial charge in [0.1, 0.15) is 5.60 Å². The summed E-state index contributed by atoms with van der Waals surface area (Å²) in [7, 11) is 0. The van der Waals surface area contributed by atoms with Gasteiger partial charge < -0.3 is 15.4 Å². The van der Waals surface area contributed by atoms with Crippen molar-refractivity contribution in [3.05, 3.63) is 22.4 Å². The lowest BCUT2D eigenvalue weighted by Gasteiger charge is -2.26. The first kappa shape index (κ1) is 18.3. The third kappa shape index (κ3) is 6.15. The normalized spacial score (nSPS) is 18.6. The number of rotatable bonds is 6. The standard InChI is InChI=1S/C18H30N2O2S/c1-13(20-17(21)22-18(2,3)4)12-19-16(14-8-5-6-9-14)15-10-7-11-23-15/h7,10-11,13-14,16,19H,5-6,8-9,12H2,1-4H3,(H,20,21). The van der Waals surface area contributed by atoms with Gasteiger partial charge in [0.15, 0.2) is 0 Å². The first-order valence-corrected chi connectivity index (χ1v) is 9.49. The Kier molecular flexibility index (Phi) is 6.48. The van der Waals surface area contributed by atoms with E-state index in [0.717, 1.165) is 6.54 Å². The van der Waals surface area contributed by atoms with E-state index in [1.807, 2.05) is 39.0 Å². The minimum absolute atomic E-state index is 0.0358. The molecule has 0 bridgehead atoms. The van der Waals surface area contributed by atoms with Gasteiger partial charge in [-0.25, -0.2) is 4.79 Å². The van der Waals surface area contributed by atoms with Gasteiger partial charge in [-0.15, -0.1) is 11.3 Å². The maximum atomic E-state index is 11.8. The van der Waals surface area contributed by atoms with Crippen LogP contribution in [0.15, 0.2) is 17.5 Å². The van der Waals surface area contributed by atoms with Gasteiger partial charge in [-0.1, -0.05) is 18.9 Å². The van der Waals surface area contributed by atoms with Crippen LogP contribution in [0.3, 0.4) is 0 Å². The van der Waals surface area contributed by atoms with Gasteiger partial charge in [0, 0.05) is 23.5 Å². The minimum Gasteiger partial charge on any atom is -0.444 e. The van der Waals surface area contributed by atoms with Gasteiger partial charge in [0.05, 0.1) is 0 Å². The van der Waals surface area contributed by atoms with Crippen LogP contribution in [-0.4, -0.2) is 24.3 Å². The second-order valence-electron chi connectivity index (χ2n) is 7.49. The zero-order valence-corrected chi connectivity index (χ0v) is 15.5. The van der Waals surface area contributed by atoms with Crippen molar-refractivity contribution >= 4 is 17.4 Å². The number of thiophene rings is 1. The van der Waals surface area contributed by atoms with Gasteiger partial charge >= 0.3 is 6.09 Å². The molecule has 0 aliphatic heterocycles. The van der Waals surface area contributed by atoms with Crippen molar-refractivity contribution in [1.82, 2.24) is 10.6 Å². The lowest BCUT2D eigenvalue weighted by Crippen LogP contribution is -2.44. The highest BCUT2D eigenvalue weighted by Crippen LogP contribution is 2.37. The van der Waals surface area contributed by atoms with Crippen LogP contribution in [0.5, 0.6) is 0 Å². The first-order chi connectivity index (χ1) is 10.8. The molecule has 23 heavy (non-hydrogen) atoms. The fourth-order valence-electron chi connectivity index (χ4n) is 3.12. The molecule has 1 aliphatic carbocycles. The molecule has 4 nitrogen and oxygen atoms in total. The summed E-state index contributed by atoms with van der Waals surface area (Å²) in [6.07, 6.45) is 4.91. The Balaban J connectivity index is 1.84. The van der Waals surface area contributed by atoms with Crippen LogP contribution in [0.2, 0.25) is 0 Å². The number of nitrogens with one attached hydrogen (secondary N) is 2. The molecule has 0 aromatic carbocycles. The molecule has 2 rings (SSSR count). The van der Waals surface area contributed by atoms with E-state index in [4.69, 9.17) is 4.74 Å². The number of carbonyl (C=O) groups is 1. The highest BCUT2D eigenvalue weighted by molar-refractivity contribution is 7.10. The largest absolute Gasteiger partial charge is 0.444 e. The molecular formula is C18H30N2O2S. The number of carbonyl (C=O) groups excluding carboxylic acids is 1. The quantitative estimate of drug-likeness (QED) is 0.804. The number of hydrogen-bond acceptors (Lipinski definition) is 4. The van der Waals surface area contributed by atoms with E-state index < -0.39 is 5.60 Å². The van der Waals surface area contributed by atoms with Crippen molar-refractivity contribution in [3.63, 3.8) is 0 Å². The van der Waals surface area contributed by atoms with E-state index in [1.165, 1.54) is 30.6 Å². The fourth-order valence-corrected chi connectivity index (χ4v) is 4.02. The van der Waals surface area contributed by atoms with Crippen molar-refractivity contribution in [2.24, 2.45) is 5.92 Å². The Morgan fingerprint density at radius 1 is 1.39 bits per heavy atom. The summed E-state index contributed by atoms with van der Waals surface area (Å²) in [5, 5.41) is 8.72. The van der Waals surface area contributed by atoms with Crippen molar-refractivity contribution in [3.8, 4) is 0 Å². The molecule has 1 amide bonds. The van der Waals surface area contributed by atoms with Crippen LogP contribution >= 0.6 is 11.3 Å². The molecule has 1 fully saturated rings. The topological polar surface area (TPSA) is 50.4 Å². The maximum absolute atomic E-state index is 11.8. The molecule has 2 N–H and O–H groups in total. The molecule has 5 heteroatoms. The van der Waals surface area contributed by atoms with Crippen molar-refractivity contribution < 1.29 is 9.53 Å². The molecule has 1 aromatic rings. The lowest BCUT2D eigenvalue weighted by atomic mass is 9.96. The highest BCUT2D eigenvalue weighted by Gasteiger charge is 2.27. The Hall–Kier alpha value is -1.07. The average molecular weight is 339 g/mol. The average Bonchev–Trinajstić information content (AvgIpc) is 3.09. The molecule has 0 radical (unpaired) electrons. The van der Waals surface area contributed by atoms with Gasteiger partial charge in [-0.05, 0) is 57.9 Å². The van der Waals surface area contributed by atoms with Crippen LogP contribution in [0.25, 0.3) is 0 Å². The molecule has 1 aromatic heterocycles. The number of amides is 1. The van der Waals surface area contributed by atoms with E-state index in [2.05, 4.69) is 28.1 Å². The summed E-state index contributed by atoms with van der Waals surface area (Å²) in [6, 6.07) is 4.77. The molecule has 0 spiro atoms. The van der Waals surface area contributed by atoms with Crippen LogP contribution in [0.4, 0.5) is 4.79 Å². The molecular weight excluding hydrogens is 308 g/mol. The predicted molar refractivity (Wildman–Crippen MR) is 95.9 cm³/mol. The molecule has 0 saturated heterocycles. The molecule has 2 atom stereocenters. The smallest absolute Gasteiger partial charge is 0.407 e. The molecule has 1 saturated carbocycles. The molecule has 130 valence electrons. The van der Waals surface area contributed by atoms with Crippen molar-refractivity contribution in [2.45, 2.75) is 71.1 Å². The lowest BCUT2D eigenvalue weighted by molar-refractivity contribution is 0.0507. The van der Waals surface area contributed by atoms with E-state index in [1.54, 1.807) is 0 Å². The molecule has 1 heterocycles. The van der Waals surface area contributed by atoms with E-state index in [9.17, 15) is 4.79 Å². The number of ether oxygens (including phenoxy) is 1. The molecule has 1 aliphatic rings. The predicted octanol–water partition coefficient (Wildman–Crippen LogP) is 4.48. The van der Waals surface area contributed by atoms with Crippen LogP contribution in [0, 0.1) is 5.92 Å². The first-order valence-electron chi connectivity index (χ1n) is 8.61. The highest BCUT2D eigenvalue weighted by atomic mass is 32.1. The van der Waals surface area contributed by atoms with Crippen molar-refractivity contribution in [1.29, 1.82) is 0 Å². The molecule has 2 unspecified atom stereocenters. The number of alkyl carbamates (subject to hydrolysis) is 1. The monoisotopic (exact) mass is 338 g/mol. The zero-order valence-electron chi connectivity index (χ0n) is 14.7. The van der Waals surface area contributed by atoms with Gasteiger partial charge in [-0.2, -0.15) is 0 Å². The van der Waals surface area contributed by atoms with Gasteiger partial charge in [0.25, 0.3) is 0 Å². The fraction of sp³-hybridized carbons (Fsp3) is 0.722. The maximum Gasteiger partial charge on any atom is 0.407 e. The summed E-state index contributed by atoms with van der Waals surface area (Å²) < 4.78 is 5.31. The minimum atomic E-state index is -0.458. The third-order valence-corrected chi connectivity index (χ3v) is 5.08. The summed E-state index contributed by atoms with van der Waals surface area (Å²) in [6.45, 7) is 8.39. The van der Waals surface area contributed by atoms with Crippen molar-refractivity contribution in [2.75, 3.05) is 6.54 Å². The van der Waals surface area contributed by atoms with Crippen LogP contribution < -0.4 is 10.6 Å². The summed E-state index contributed by atoms with van der Waals surface area (Å²) in [5.41, 5.74) is -0.458. The second-order valence-corrected chi connectivity index (χ2v) is 8.47. The Morgan fingerprint density at radius 3 is 2.65 bits per heavy atom. The van der Waals surface area contributed by atoms with E-state index in [-0.39, 0.29) is 12.1 Å². The Morgan fingerprint density at radius 2 is 2.09 bits per heavy atom. The Labute approximate surface area is 144 Å². The van der Waals surface area contributed by atoms with Crippen LogP contribution in [-0.2, 0) is 4.74 Å². The zero-order chi connectivity index (χ0) is 16.9. The van der Waals surface area contributed by atoms with Gasteiger partial charge in [0.2, 0.25) is 0 Å². The van der Waals surface area contributed by atoms with Gasteiger partial charge in [-0.3, -0.25) is 0 Å². The summed E-state index contributed by atoms with van der Waals surface area (Å²) >= 11 is 1.82. The van der Waals surface area contributed by atoms with E-state index in [0.29, 0.717) is 12.0 Å². The summed E-state index contributed by atoms with van der Waals surface area (Å²) in [5.74, 6) is 0.711. The SMILES string of the molecule is CC(CNC(c1cccs1)C1CCCC1)NC(=O)OC(C)(C)C. The van der Waals surface area contributed by atoms with E-state index >= 15 is 0 Å².